The number of aliphatic hydroxyl groups is 1. The zero-order chi connectivity index (χ0) is 14.1. The van der Waals surface area contributed by atoms with Crippen LogP contribution in [-0.4, -0.2) is 29.5 Å². The molecule has 1 aromatic rings. The molecule has 1 atom stereocenters. The highest BCUT2D eigenvalue weighted by atomic mass is 32.2. The van der Waals surface area contributed by atoms with Crippen molar-refractivity contribution in [3.63, 3.8) is 0 Å². The predicted octanol–water partition coefficient (Wildman–Crippen LogP) is 3.45. The van der Waals surface area contributed by atoms with Crippen LogP contribution in [0.1, 0.15) is 33.1 Å². The van der Waals surface area contributed by atoms with Gasteiger partial charge in [0.1, 0.15) is 5.82 Å². The molecule has 1 unspecified atom stereocenters. The van der Waals surface area contributed by atoms with Crippen LogP contribution in [0.4, 0.5) is 4.39 Å². The van der Waals surface area contributed by atoms with E-state index < -0.39 is 0 Å². The van der Waals surface area contributed by atoms with E-state index in [1.807, 2.05) is 6.07 Å². The molecular formula is C15H24FNOS. The highest BCUT2D eigenvalue weighted by Gasteiger charge is 2.25. The van der Waals surface area contributed by atoms with Crippen molar-refractivity contribution in [2.75, 3.05) is 18.9 Å². The first kappa shape index (κ1) is 16.5. The van der Waals surface area contributed by atoms with Crippen LogP contribution in [0.25, 0.3) is 0 Å². The van der Waals surface area contributed by atoms with E-state index in [1.165, 1.54) is 6.07 Å². The van der Waals surface area contributed by atoms with E-state index in [0.717, 1.165) is 36.5 Å². The summed E-state index contributed by atoms with van der Waals surface area (Å²) in [4.78, 5) is 0.967. The molecule has 2 N–H and O–H groups in total. The summed E-state index contributed by atoms with van der Waals surface area (Å²) in [5.74, 6) is 0.757. The Kier molecular flexibility index (Phi) is 7.42. The van der Waals surface area contributed by atoms with Gasteiger partial charge >= 0.3 is 0 Å². The summed E-state index contributed by atoms with van der Waals surface area (Å²) in [5, 5.41) is 12.9. The minimum absolute atomic E-state index is 0.156. The number of aliphatic hydroxyl groups excluding tert-OH is 1. The van der Waals surface area contributed by atoms with Crippen LogP contribution < -0.4 is 5.32 Å². The monoisotopic (exact) mass is 285 g/mol. The molecule has 0 aromatic heterocycles. The lowest BCUT2D eigenvalue weighted by atomic mass is 9.91. The Morgan fingerprint density at radius 2 is 2.16 bits per heavy atom. The maximum atomic E-state index is 13.0. The van der Waals surface area contributed by atoms with Crippen LogP contribution >= 0.6 is 11.8 Å². The molecule has 0 amide bonds. The minimum atomic E-state index is -0.184. The third-order valence-electron chi connectivity index (χ3n) is 3.40. The number of thioether (sulfide) groups is 1. The molecule has 1 rings (SSSR count). The van der Waals surface area contributed by atoms with Gasteiger partial charge in [-0.1, -0.05) is 19.9 Å². The molecule has 1 aromatic carbocycles. The topological polar surface area (TPSA) is 32.3 Å². The van der Waals surface area contributed by atoms with Gasteiger partial charge in [0.25, 0.3) is 0 Å². The Hall–Kier alpha value is -0.580. The summed E-state index contributed by atoms with van der Waals surface area (Å²) < 4.78 is 13.0. The zero-order valence-corrected chi connectivity index (χ0v) is 12.6. The molecule has 2 nitrogen and oxygen atoms in total. The average molecular weight is 285 g/mol. The van der Waals surface area contributed by atoms with Crippen molar-refractivity contribution in [2.45, 2.75) is 43.5 Å². The van der Waals surface area contributed by atoms with Crippen molar-refractivity contribution < 1.29 is 9.50 Å². The lowest BCUT2D eigenvalue weighted by Gasteiger charge is -2.31. The quantitative estimate of drug-likeness (QED) is 0.538. The van der Waals surface area contributed by atoms with E-state index in [2.05, 4.69) is 19.2 Å². The molecule has 0 saturated carbocycles. The first-order chi connectivity index (χ1) is 9.15. The predicted molar refractivity (Wildman–Crippen MR) is 80.1 cm³/mol. The molecule has 0 bridgehead atoms. The molecule has 0 aliphatic carbocycles. The van der Waals surface area contributed by atoms with Gasteiger partial charge in [0, 0.05) is 10.4 Å². The smallest absolute Gasteiger partial charge is 0.124 e. The Morgan fingerprint density at radius 1 is 1.37 bits per heavy atom. The maximum Gasteiger partial charge on any atom is 0.124 e. The van der Waals surface area contributed by atoms with E-state index in [-0.39, 0.29) is 18.0 Å². The van der Waals surface area contributed by atoms with Crippen molar-refractivity contribution in [2.24, 2.45) is 0 Å². The van der Waals surface area contributed by atoms with E-state index in [1.54, 1.807) is 23.9 Å². The van der Waals surface area contributed by atoms with Crippen LogP contribution in [0.5, 0.6) is 0 Å². The molecule has 0 saturated heterocycles. The maximum absolute atomic E-state index is 13.0. The molecule has 4 heteroatoms. The Morgan fingerprint density at radius 3 is 2.74 bits per heavy atom. The molecule has 0 radical (unpaired) electrons. The van der Waals surface area contributed by atoms with E-state index in [0.29, 0.717) is 0 Å². The fraction of sp³-hybridized carbons (Fsp3) is 0.600. The lowest BCUT2D eigenvalue weighted by molar-refractivity contribution is 0.148. The molecule has 19 heavy (non-hydrogen) atoms. The molecular weight excluding hydrogens is 261 g/mol. The van der Waals surface area contributed by atoms with Gasteiger partial charge in [0.2, 0.25) is 0 Å². The van der Waals surface area contributed by atoms with Gasteiger partial charge in [-0.15, -0.1) is 11.8 Å². The molecule has 0 aliphatic heterocycles. The SMILES string of the molecule is CCNC(CC)(CO)CCCSc1cccc(F)c1. The summed E-state index contributed by atoms with van der Waals surface area (Å²) in [6, 6.07) is 6.69. The highest BCUT2D eigenvalue weighted by molar-refractivity contribution is 7.99. The zero-order valence-electron chi connectivity index (χ0n) is 11.8. The van der Waals surface area contributed by atoms with Crippen LogP contribution in [0.2, 0.25) is 0 Å². The van der Waals surface area contributed by atoms with Crippen molar-refractivity contribution in [3.8, 4) is 0 Å². The molecule has 0 aliphatic rings. The number of likely N-dealkylation sites (N-methyl/N-ethyl adjacent to an activating group) is 1. The third-order valence-corrected chi connectivity index (χ3v) is 4.48. The first-order valence-corrected chi connectivity index (χ1v) is 7.88. The number of rotatable bonds is 9. The molecule has 0 heterocycles. The largest absolute Gasteiger partial charge is 0.394 e. The molecule has 0 fully saturated rings. The first-order valence-electron chi connectivity index (χ1n) is 6.90. The highest BCUT2D eigenvalue weighted by Crippen LogP contribution is 2.23. The summed E-state index contributed by atoms with van der Waals surface area (Å²) >= 11 is 1.66. The van der Waals surface area contributed by atoms with Gasteiger partial charge in [0.05, 0.1) is 6.61 Å². The number of hydrogen-bond donors (Lipinski definition) is 2. The van der Waals surface area contributed by atoms with E-state index in [4.69, 9.17) is 0 Å². The summed E-state index contributed by atoms with van der Waals surface area (Å²) in [7, 11) is 0. The van der Waals surface area contributed by atoms with Gasteiger partial charge in [-0.2, -0.15) is 0 Å². The number of halogens is 1. The third kappa shape index (κ3) is 5.51. The Bertz CT molecular complexity index is 369. The van der Waals surface area contributed by atoms with Gasteiger partial charge in [-0.25, -0.2) is 4.39 Å². The van der Waals surface area contributed by atoms with E-state index >= 15 is 0 Å². The summed E-state index contributed by atoms with van der Waals surface area (Å²) in [6.45, 7) is 5.19. The fourth-order valence-electron chi connectivity index (χ4n) is 2.17. The second-order valence-corrected chi connectivity index (χ2v) is 5.90. The van der Waals surface area contributed by atoms with Crippen LogP contribution in [0.3, 0.4) is 0 Å². The fourth-order valence-corrected chi connectivity index (χ4v) is 3.06. The second kappa shape index (κ2) is 8.56. The van der Waals surface area contributed by atoms with Crippen molar-refractivity contribution in [3.05, 3.63) is 30.1 Å². The number of benzene rings is 1. The summed E-state index contributed by atoms with van der Waals surface area (Å²) in [6.07, 6.45) is 2.86. The van der Waals surface area contributed by atoms with Crippen LogP contribution in [0.15, 0.2) is 29.2 Å². The van der Waals surface area contributed by atoms with E-state index in [9.17, 15) is 9.50 Å². The number of hydrogen-bond acceptors (Lipinski definition) is 3. The van der Waals surface area contributed by atoms with Gasteiger partial charge in [-0.05, 0) is 49.8 Å². The average Bonchev–Trinajstić information content (AvgIpc) is 2.42. The van der Waals surface area contributed by atoms with Gasteiger partial charge in [0.15, 0.2) is 0 Å². The Labute approximate surface area is 119 Å². The van der Waals surface area contributed by atoms with Crippen molar-refractivity contribution in [1.82, 2.24) is 5.32 Å². The van der Waals surface area contributed by atoms with Crippen LogP contribution in [-0.2, 0) is 0 Å². The van der Waals surface area contributed by atoms with Gasteiger partial charge in [-0.3, -0.25) is 0 Å². The molecule has 0 spiro atoms. The molecule has 108 valence electrons. The van der Waals surface area contributed by atoms with Crippen molar-refractivity contribution in [1.29, 1.82) is 0 Å². The second-order valence-electron chi connectivity index (χ2n) is 4.73. The normalized spacial score (nSPS) is 14.3. The van der Waals surface area contributed by atoms with Gasteiger partial charge < -0.3 is 10.4 Å². The standard InChI is InChI=1S/C15H24FNOS/c1-3-15(12-18,17-4-2)9-6-10-19-14-8-5-7-13(16)11-14/h5,7-8,11,17-18H,3-4,6,9-10,12H2,1-2H3. The Balaban J connectivity index is 2.36. The van der Waals surface area contributed by atoms with Crippen molar-refractivity contribution >= 4 is 11.8 Å². The lowest BCUT2D eigenvalue weighted by Crippen LogP contribution is -2.48. The minimum Gasteiger partial charge on any atom is -0.394 e. The van der Waals surface area contributed by atoms with Crippen LogP contribution in [0, 0.1) is 5.82 Å². The number of nitrogens with one attached hydrogen (secondary N) is 1. The summed E-state index contributed by atoms with van der Waals surface area (Å²) in [5.41, 5.74) is -0.156.